The van der Waals surface area contributed by atoms with Gasteiger partial charge in [0.2, 0.25) is 11.8 Å². The summed E-state index contributed by atoms with van der Waals surface area (Å²) in [6.07, 6.45) is 0.192. The lowest BCUT2D eigenvalue weighted by Gasteiger charge is -2.23. The van der Waals surface area contributed by atoms with Gasteiger partial charge in [-0.2, -0.15) is 0 Å². The molecule has 3 N–H and O–H groups in total. The normalized spacial score (nSPS) is 19.8. The molecule has 0 aromatic heterocycles. The molecule has 0 heterocycles. The van der Waals surface area contributed by atoms with Crippen LogP contribution in [0.25, 0.3) is 10.4 Å². The Labute approximate surface area is 187 Å². The van der Waals surface area contributed by atoms with E-state index in [2.05, 4.69) is 20.7 Å². The molecule has 32 heavy (non-hydrogen) atoms. The monoisotopic (exact) mass is 445 g/mol. The summed E-state index contributed by atoms with van der Waals surface area (Å²) in [5, 5.41) is 18.9. The summed E-state index contributed by atoms with van der Waals surface area (Å²) < 4.78 is 4.81. The number of amides is 2. The fourth-order valence-electron chi connectivity index (χ4n) is 3.63. The van der Waals surface area contributed by atoms with Crippen LogP contribution in [0.4, 0.5) is 0 Å². The molecule has 174 valence electrons. The van der Waals surface area contributed by atoms with E-state index in [9.17, 15) is 19.5 Å². The predicted octanol–water partition coefficient (Wildman–Crippen LogP) is 1.73. The molecule has 10 heteroatoms. The molecule has 2 rings (SSSR count). The van der Waals surface area contributed by atoms with Crippen molar-refractivity contribution in [1.29, 1.82) is 0 Å². The highest BCUT2D eigenvalue weighted by atomic mass is 16.5. The molecule has 0 radical (unpaired) electrons. The van der Waals surface area contributed by atoms with E-state index in [0.29, 0.717) is 12.8 Å². The number of ether oxygens (including phenoxy) is 1. The molecule has 1 aliphatic carbocycles. The summed E-state index contributed by atoms with van der Waals surface area (Å²) >= 11 is 0. The minimum atomic E-state index is -0.905. The van der Waals surface area contributed by atoms with Crippen molar-refractivity contribution >= 4 is 17.8 Å². The molecular formula is C22H31N5O5. The van der Waals surface area contributed by atoms with Crippen molar-refractivity contribution in [2.75, 3.05) is 13.7 Å². The quantitative estimate of drug-likeness (QED) is 0.193. The van der Waals surface area contributed by atoms with E-state index in [1.165, 1.54) is 7.11 Å². The average molecular weight is 446 g/mol. The Morgan fingerprint density at radius 1 is 1.22 bits per heavy atom. The molecule has 10 nitrogen and oxygen atoms in total. The first-order valence-electron chi connectivity index (χ1n) is 10.7. The number of aliphatic hydroxyl groups excluding tert-OH is 1. The number of carbonyl (C=O) groups excluding carboxylic acids is 3. The summed E-state index contributed by atoms with van der Waals surface area (Å²) in [5.74, 6) is -2.01. The van der Waals surface area contributed by atoms with Crippen molar-refractivity contribution in [2.45, 2.75) is 51.3 Å². The highest BCUT2D eigenvalue weighted by Crippen LogP contribution is 2.41. The second-order valence-corrected chi connectivity index (χ2v) is 8.45. The van der Waals surface area contributed by atoms with Crippen molar-refractivity contribution < 1.29 is 24.2 Å². The van der Waals surface area contributed by atoms with Crippen LogP contribution in [0.5, 0.6) is 0 Å². The van der Waals surface area contributed by atoms with Crippen molar-refractivity contribution in [1.82, 2.24) is 10.6 Å². The van der Waals surface area contributed by atoms with Crippen molar-refractivity contribution in [3.63, 3.8) is 0 Å². The zero-order valence-corrected chi connectivity index (χ0v) is 18.6. The number of esters is 1. The van der Waals surface area contributed by atoms with E-state index in [1.54, 1.807) is 0 Å². The molecule has 0 bridgehead atoms. The average Bonchev–Trinajstić information content (AvgIpc) is 3.57. The third-order valence-electron chi connectivity index (χ3n) is 5.43. The maximum Gasteiger partial charge on any atom is 0.328 e. The molecule has 0 saturated heterocycles. The van der Waals surface area contributed by atoms with Gasteiger partial charge in [0.1, 0.15) is 12.1 Å². The van der Waals surface area contributed by atoms with E-state index in [1.807, 2.05) is 44.2 Å². The van der Waals surface area contributed by atoms with Crippen LogP contribution in [0.15, 0.2) is 35.4 Å². The summed E-state index contributed by atoms with van der Waals surface area (Å²) in [7, 11) is 1.26. The first-order chi connectivity index (χ1) is 15.3. The maximum atomic E-state index is 13.1. The highest BCUT2D eigenvalue weighted by Gasteiger charge is 2.47. The summed E-state index contributed by atoms with van der Waals surface area (Å²) in [6.45, 7) is 3.76. The van der Waals surface area contributed by atoms with Crippen molar-refractivity contribution in [3.8, 4) is 0 Å². The van der Waals surface area contributed by atoms with Crippen molar-refractivity contribution in [2.24, 2.45) is 22.9 Å². The topological polar surface area (TPSA) is 153 Å². The number of carbonyl (C=O) groups is 3. The first kappa shape index (κ1) is 25.2. The Kier molecular flexibility index (Phi) is 9.49. The second kappa shape index (κ2) is 12.1. The zero-order valence-electron chi connectivity index (χ0n) is 18.6. The molecule has 0 aliphatic heterocycles. The van der Waals surface area contributed by atoms with Crippen LogP contribution in [0.2, 0.25) is 0 Å². The van der Waals surface area contributed by atoms with Gasteiger partial charge < -0.3 is 20.5 Å². The number of hydrogen-bond acceptors (Lipinski definition) is 6. The minimum absolute atomic E-state index is 0.102. The van der Waals surface area contributed by atoms with E-state index in [-0.39, 0.29) is 30.7 Å². The van der Waals surface area contributed by atoms with Crippen LogP contribution in [-0.4, -0.2) is 54.7 Å². The Morgan fingerprint density at radius 2 is 1.91 bits per heavy atom. The molecule has 1 saturated carbocycles. The molecule has 1 fully saturated rings. The number of nitrogens with zero attached hydrogens (tertiary/aromatic N) is 3. The third kappa shape index (κ3) is 7.55. The van der Waals surface area contributed by atoms with Crippen LogP contribution in [0, 0.1) is 17.8 Å². The van der Waals surface area contributed by atoms with Gasteiger partial charge in [0, 0.05) is 17.3 Å². The van der Waals surface area contributed by atoms with Gasteiger partial charge in [-0.25, -0.2) is 4.79 Å². The fourth-order valence-corrected chi connectivity index (χ4v) is 3.63. The van der Waals surface area contributed by atoms with E-state index < -0.39 is 36.0 Å². The highest BCUT2D eigenvalue weighted by molar-refractivity contribution is 5.92. The molecule has 1 aliphatic rings. The molecule has 5 atom stereocenters. The zero-order chi connectivity index (χ0) is 23.7. The number of benzene rings is 1. The lowest BCUT2D eigenvalue weighted by Crippen LogP contribution is -2.53. The van der Waals surface area contributed by atoms with Crippen LogP contribution in [-0.2, 0) is 25.5 Å². The summed E-state index contributed by atoms with van der Waals surface area (Å²) in [4.78, 5) is 40.6. The van der Waals surface area contributed by atoms with Gasteiger partial charge in [-0.1, -0.05) is 49.3 Å². The van der Waals surface area contributed by atoms with Crippen LogP contribution in [0.1, 0.15) is 32.3 Å². The maximum absolute atomic E-state index is 13.1. The van der Waals surface area contributed by atoms with Gasteiger partial charge in [0.05, 0.1) is 19.8 Å². The first-order valence-corrected chi connectivity index (χ1v) is 10.7. The largest absolute Gasteiger partial charge is 0.467 e. The van der Waals surface area contributed by atoms with E-state index in [4.69, 9.17) is 10.3 Å². The molecule has 1 aromatic carbocycles. The Morgan fingerprint density at radius 3 is 2.50 bits per heavy atom. The predicted molar refractivity (Wildman–Crippen MR) is 117 cm³/mol. The lowest BCUT2D eigenvalue weighted by molar-refractivity contribution is -0.145. The van der Waals surface area contributed by atoms with E-state index >= 15 is 0 Å². The Balaban J connectivity index is 2.10. The van der Waals surface area contributed by atoms with E-state index in [0.717, 1.165) is 5.56 Å². The fraction of sp³-hybridized carbons (Fsp3) is 0.591. The number of methoxy groups -OCH3 is 1. The third-order valence-corrected chi connectivity index (χ3v) is 5.43. The van der Waals surface area contributed by atoms with Crippen LogP contribution < -0.4 is 10.6 Å². The van der Waals surface area contributed by atoms with Gasteiger partial charge >= 0.3 is 5.97 Å². The van der Waals surface area contributed by atoms with Gasteiger partial charge in [0.25, 0.3) is 0 Å². The smallest absolute Gasteiger partial charge is 0.328 e. The standard InChI is InChI=1S/C22H31N5O5/c1-13(2)9-18(22(31)32-3)26-21(30)17(10-14-7-5-4-6-8-14)25-20(29)16-11-15(16)19(28)12-24-27-23/h4-8,13,15-19,28H,9-12H2,1-3H3,(H,25,29)(H,26,30)/t15-,16+,17-,18-,19-/m0/s1. The van der Waals surface area contributed by atoms with Gasteiger partial charge in [-0.05, 0) is 35.8 Å². The van der Waals surface area contributed by atoms with Gasteiger partial charge in [0.15, 0.2) is 0 Å². The SMILES string of the molecule is COC(=O)[C@H](CC(C)C)NC(=O)[C@H](Cc1ccccc1)NC(=O)[C@@H]1C[C@@H]1[C@@H](O)CN=[N+]=[N-]. The number of azide groups is 1. The summed E-state index contributed by atoms with van der Waals surface area (Å²) in [6, 6.07) is 7.51. The number of aliphatic hydroxyl groups is 1. The van der Waals surface area contributed by atoms with Gasteiger partial charge in [-0.3, -0.25) is 9.59 Å². The minimum Gasteiger partial charge on any atom is -0.467 e. The van der Waals surface area contributed by atoms with Crippen molar-refractivity contribution in [3.05, 3.63) is 46.3 Å². The lowest BCUT2D eigenvalue weighted by atomic mass is 10.0. The number of rotatable bonds is 12. The molecule has 2 amide bonds. The molecule has 0 unspecified atom stereocenters. The number of hydrogen-bond donors (Lipinski definition) is 3. The Bertz CT molecular complexity index is 840. The van der Waals surface area contributed by atoms with Crippen LogP contribution in [0.3, 0.4) is 0 Å². The second-order valence-electron chi connectivity index (χ2n) is 8.45. The number of nitrogens with one attached hydrogen (secondary N) is 2. The van der Waals surface area contributed by atoms with Crippen LogP contribution >= 0.6 is 0 Å². The Hall–Kier alpha value is -3.10. The molecule has 1 aromatic rings. The summed E-state index contributed by atoms with van der Waals surface area (Å²) in [5.41, 5.74) is 9.24. The molecule has 0 spiro atoms. The van der Waals surface area contributed by atoms with Gasteiger partial charge in [-0.15, -0.1) is 0 Å². The molecular weight excluding hydrogens is 414 g/mol.